The number of likely N-dealkylation sites (tertiary alicyclic amines) is 1. The van der Waals surface area contributed by atoms with Gasteiger partial charge in [-0.15, -0.1) is 0 Å². The molecule has 5 N–H and O–H groups in total. The van der Waals surface area contributed by atoms with Crippen molar-refractivity contribution in [1.29, 1.82) is 0 Å². The van der Waals surface area contributed by atoms with E-state index in [4.69, 9.17) is 9.57 Å². The normalized spacial score (nSPS) is 29.6. The van der Waals surface area contributed by atoms with Crippen LogP contribution in [0.4, 0.5) is 5.69 Å². The molecule has 2 heterocycles. The summed E-state index contributed by atoms with van der Waals surface area (Å²) in [6.45, 7) is 12.6. The van der Waals surface area contributed by atoms with Gasteiger partial charge in [-0.2, -0.15) is 5.06 Å². The number of nitrogens with one attached hydrogen (secondary N) is 2. The lowest BCUT2D eigenvalue weighted by Crippen LogP contribution is -2.62. The van der Waals surface area contributed by atoms with Crippen LogP contribution in [0.5, 0.6) is 5.75 Å². The van der Waals surface area contributed by atoms with Crippen molar-refractivity contribution in [3.63, 3.8) is 0 Å². The number of aliphatic hydroxyl groups excluding tert-OH is 3. The van der Waals surface area contributed by atoms with Gasteiger partial charge in [0.2, 0.25) is 5.91 Å². The number of hydrogen-bond donors (Lipinski definition) is 5. The molecule has 0 unspecified atom stereocenters. The fourth-order valence-electron chi connectivity index (χ4n) is 9.80. The summed E-state index contributed by atoms with van der Waals surface area (Å²) in [7, 11) is 5.44. The Hall–Kier alpha value is -3.26. The Morgan fingerprint density at radius 1 is 1.09 bits per heavy atom. The van der Waals surface area contributed by atoms with E-state index >= 15 is 0 Å². The highest BCUT2D eigenvalue weighted by molar-refractivity contribution is 5.97. The highest BCUT2D eigenvalue weighted by Crippen LogP contribution is 2.61. The summed E-state index contributed by atoms with van der Waals surface area (Å²) in [6.07, 6.45) is 1.97. The van der Waals surface area contributed by atoms with Crippen molar-refractivity contribution in [2.45, 2.75) is 103 Å². The molecular formula is C42H63N5O7. The summed E-state index contributed by atoms with van der Waals surface area (Å²) in [6, 6.07) is 10.2. The van der Waals surface area contributed by atoms with Crippen LogP contribution in [0.2, 0.25) is 0 Å². The van der Waals surface area contributed by atoms with E-state index < -0.39 is 36.3 Å². The van der Waals surface area contributed by atoms with E-state index in [1.807, 2.05) is 55.4 Å². The standard InChI is InChI=1S/C42H63N5O7/c1-24-33-19-30(42(33,4)5)20-34(24)43-41(52)38-37(26(3)50)36(23-48)54-47(38)21-27-12-11-13-32(39(27)53-8)28-16-29(18-31(17-28)45(6)7)40(51)44-35(25(2)49)22-46-14-9-10-15-46/h11-13,16-18,24-26,30,33-38,48-50H,9-10,14-15,19-23H2,1-8H3,(H,43,52)(H,44,51)/t24-,25+,26-,30-,33+,34-,35+,36-,37-,38-/m0/s1. The number of aliphatic hydroxyl groups is 3. The smallest absolute Gasteiger partial charge is 0.251 e. The maximum Gasteiger partial charge on any atom is 0.251 e. The molecule has 2 saturated heterocycles. The van der Waals surface area contributed by atoms with Crippen LogP contribution in [-0.2, 0) is 16.2 Å². The summed E-state index contributed by atoms with van der Waals surface area (Å²) in [5.74, 6) is 0.870. The first-order chi connectivity index (χ1) is 25.6. The van der Waals surface area contributed by atoms with Gasteiger partial charge in [0.25, 0.3) is 5.91 Å². The van der Waals surface area contributed by atoms with Crippen LogP contribution in [0.3, 0.4) is 0 Å². The third-order valence-electron chi connectivity index (χ3n) is 13.2. The first kappa shape index (κ1) is 40.4. The Morgan fingerprint density at radius 3 is 2.41 bits per heavy atom. The quantitative estimate of drug-likeness (QED) is 0.194. The monoisotopic (exact) mass is 749 g/mol. The third-order valence-corrected chi connectivity index (χ3v) is 13.2. The van der Waals surface area contributed by atoms with Crippen molar-refractivity contribution in [2.75, 3.05) is 52.3 Å². The van der Waals surface area contributed by atoms with E-state index in [-0.39, 0.29) is 36.4 Å². The number of rotatable bonds is 14. The molecule has 2 aliphatic heterocycles. The van der Waals surface area contributed by atoms with Gasteiger partial charge in [-0.05, 0) is 99.6 Å². The fourth-order valence-corrected chi connectivity index (χ4v) is 9.80. The maximum atomic E-state index is 14.3. The molecule has 3 aliphatic carbocycles. The van der Waals surface area contributed by atoms with Crippen LogP contribution in [-0.4, -0.2) is 121 Å². The fraction of sp³-hybridized carbons (Fsp3) is 0.667. The highest BCUT2D eigenvalue weighted by atomic mass is 16.7. The molecule has 2 aromatic rings. The number of carbonyl (C=O) groups is 2. The number of nitrogens with zero attached hydrogens (tertiary/aromatic N) is 3. The van der Waals surface area contributed by atoms with Crippen LogP contribution < -0.4 is 20.3 Å². The number of methoxy groups -OCH3 is 1. The Labute approximate surface area is 321 Å². The predicted octanol–water partition coefficient (Wildman–Crippen LogP) is 3.66. The molecule has 3 saturated carbocycles. The molecule has 2 bridgehead atoms. The van der Waals surface area contributed by atoms with Gasteiger partial charge in [-0.25, -0.2) is 0 Å². The van der Waals surface area contributed by atoms with Crippen LogP contribution in [0, 0.1) is 29.1 Å². The van der Waals surface area contributed by atoms with Crippen molar-refractivity contribution in [3.8, 4) is 16.9 Å². The van der Waals surface area contributed by atoms with Gasteiger partial charge in [0.15, 0.2) is 0 Å². The molecule has 0 radical (unpaired) electrons. The van der Waals surface area contributed by atoms with Crippen molar-refractivity contribution in [3.05, 3.63) is 47.5 Å². The van der Waals surface area contributed by atoms with Crippen molar-refractivity contribution in [2.24, 2.45) is 29.1 Å². The van der Waals surface area contributed by atoms with E-state index in [1.165, 1.54) is 6.42 Å². The molecule has 7 rings (SSSR count). The van der Waals surface area contributed by atoms with Crippen LogP contribution in [0.25, 0.3) is 11.1 Å². The van der Waals surface area contributed by atoms with Gasteiger partial charge < -0.3 is 40.5 Å². The van der Waals surface area contributed by atoms with Crippen molar-refractivity contribution >= 4 is 17.5 Å². The SMILES string of the molecule is COc1c(CN2O[C@@H](CO)[C@H]([C@H](C)O)[C@H]2C(=O)N[C@H]2C[C@@H]3C[C@H]([C@@H]2C)C3(C)C)cccc1-c1cc(C(=O)N[C@H](CN2CCCC2)[C@@H](C)O)cc(N(C)C)c1. The van der Waals surface area contributed by atoms with Crippen LogP contribution >= 0.6 is 0 Å². The summed E-state index contributed by atoms with van der Waals surface area (Å²) in [5.41, 5.74) is 3.81. The first-order valence-corrected chi connectivity index (χ1v) is 19.9. The van der Waals surface area contributed by atoms with Gasteiger partial charge in [-0.3, -0.25) is 14.4 Å². The van der Waals surface area contributed by atoms with Gasteiger partial charge in [-0.1, -0.05) is 39.0 Å². The molecular weight excluding hydrogens is 686 g/mol. The highest BCUT2D eigenvalue weighted by Gasteiger charge is 2.57. The van der Waals surface area contributed by atoms with Gasteiger partial charge in [0, 0.05) is 55.0 Å². The molecule has 2 amide bonds. The molecule has 10 atom stereocenters. The average Bonchev–Trinajstić information content (AvgIpc) is 3.79. The second-order valence-corrected chi connectivity index (χ2v) is 17.2. The molecule has 2 aromatic carbocycles. The lowest BCUT2D eigenvalue weighted by atomic mass is 9.45. The number of fused-ring (bicyclic) bond motifs is 2. The summed E-state index contributed by atoms with van der Waals surface area (Å²) in [4.78, 5) is 38.6. The van der Waals surface area contributed by atoms with E-state index in [9.17, 15) is 24.9 Å². The Bertz CT molecular complexity index is 1640. The zero-order valence-electron chi connectivity index (χ0n) is 33.4. The molecule has 12 heteroatoms. The number of anilines is 1. The van der Waals surface area contributed by atoms with Crippen LogP contribution in [0.1, 0.15) is 76.2 Å². The number of para-hydroxylation sites is 1. The number of amides is 2. The minimum absolute atomic E-state index is 0.0308. The van der Waals surface area contributed by atoms with E-state index in [0.717, 1.165) is 54.7 Å². The molecule has 298 valence electrons. The largest absolute Gasteiger partial charge is 0.496 e. The topological polar surface area (TPSA) is 147 Å². The molecule has 54 heavy (non-hydrogen) atoms. The molecule has 5 fully saturated rings. The van der Waals surface area contributed by atoms with E-state index in [1.54, 1.807) is 26.0 Å². The Kier molecular flexibility index (Phi) is 12.3. The maximum absolute atomic E-state index is 14.3. The zero-order valence-corrected chi connectivity index (χ0v) is 33.4. The number of hydroxylamine groups is 2. The van der Waals surface area contributed by atoms with Gasteiger partial charge in [0.1, 0.15) is 17.9 Å². The first-order valence-electron chi connectivity index (χ1n) is 19.9. The summed E-state index contributed by atoms with van der Waals surface area (Å²) < 4.78 is 6.07. The Morgan fingerprint density at radius 2 is 1.81 bits per heavy atom. The van der Waals surface area contributed by atoms with E-state index in [2.05, 4.69) is 36.3 Å². The number of hydrogen-bond acceptors (Lipinski definition) is 10. The van der Waals surface area contributed by atoms with E-state index in [0.29, 0.717) is 35.6 Å². The lowest BCUT2D eigenvalue weighted by Gasteiger charge is -2.62. The minimum Gasteiger partial charge on any atom is -0.496 e. The number of ether oxygens (including phenoxy) is 1. The molecule has 0 aromatic heterocycles. The summed E-state index contributed by atoms with van der Waals surface area (Å²) in [5, 5.41) is 39.9. The lowest BCUT2D eigenvalue weighted by molar-refractivity contribution is -0.183. The molecule has 0 spiro atoms. The van der Waals surface area contributed by atoms with Crippen molar-refractivity contribution in [1.82, 2.24) is 20.6 Å². The van der Waals surface area contributed by atoms with Gasteiger partial charge >= 0.3 is 0 Å². The van der Waals surface area contributed by atoms with Crippen molar-refractivity contribution < 1.29 is 34.5 Å². The third kappa shape index (κ3) is 8.01. The molecule has 5 aliphatic rings. The second-order valence-electron chi connectivity index (χ2n) is 17.2. The minimum atomic E-state index is -0.908. The summed E-state index contributed by atoms with van der Waals surface area (Å²) >= 11 is 0. The van der Waals surface area contributed by atoms with Crippen LogP contribution in [0.15, 0.2) is 36.4 Å². The number of carbonyl (C=O) groups excluding carboxylic acids is 2. The zero-order chi connectivity index (χ0) is 39.1. The predicted molar refractivity (Wildman–Crippen MR) is 209 cm³/mol. The number of benzene rings is 2. The Balaban J connectivity index is 1.28. The second kappa shape index (κ2) is 16.5. The average molecular weight is 750 g/mol. The molecule has 12 nitrogen and oxygen atoms in total. The van der Waals surface area contributed by atoms with Gasteiger partial charge in [0.05, 0.1) is 38.5 Å².